The molecule has 8 nitrogen and oxygen atoms in total. The first-order chi connectivity index (χ1) is 9.93. The lowest BCUT2D eigenvalue weighted by atomic mass is 10.2. The molecule has 2 aromatic rings. The summed E-state index contributed by atoms with van der Waals surface area (Å²) in [4.78, 5) is 21.5. The van der Waals surface area contributed by atoms with Crippen LogP contribution in [0, 0.1) is 10.1 Å². The van der Waals surface area contributed by atoms with Gasteiger partial charge in [-0.05, 0) is 30.3 Å². The fourth-order valence-electron chi connectivity index (χ4n) is 1.84. The molecule has 21 heavy (non-hydrogen) atoms. The second kappa shape index (κ2) is 6.00. The number of carboxylic acid groups (broad SMARTS) is 1. The van der Waals surface area contributed by atoms with Crippen molar-refractivity contribution in [2.24, 2.45) is 7.05 Å². The molecule has 0 radical (unpaired) electrons. The molecule has 2 heterocycles. The van der Waals surface area contributed by atoms with Crippen LogP contribution in [0.5, 0.6) is 0 Å². The Balaban J connectivity index is 2.38. The van der Waals surface area contributed by atoms with E-state index < -0.39 is 10.9 Å². The molecule has 0 unspecified atom stereocenters. The van der Waals surface area contributed by atoms with Gasteiger partial charge in [0.2, 0.25) is 5.76 Å². The Labute approximate surface area is 123 Å². The van der Waals surface area contributed by atoms with E-state index in [1.165, 1.54) is 16.8 Å². The molecule has 0 saturated heterocycles. The van der Waals surface area contributed by atoms with Crippen LogP contribution in [0.3, 0.4) is 0 Å². The summed E-state index contributed by atoms with van der Waals surface area (Å²) in [5.41, 5.74) is 0.357. The van der Waals surface area contributed by atoms with Gasteiger partial charge in [-0.3, -0.25) is 14.8 Å². The van der Waals surface area contributed by atoms with Gasteiger partial charge in [0.1, 0.15) is 5.69 Å². The fraction of sp³-hybridized carbons (Fsp3) is 0.333. The Kier molecular flexibility index (Phi) is 4.32. The van der Waals surface area contributed by atoms with Crippen LogP contribution in [0.2, 0.25) is 0 Å². The highest BCUT2D eigenvalue weighted by Gasteiger charge is 2.27. The summed E-state index contributed by atoms with van der Waals surface area (Å²) in [7, 11) is 1.61. The van der Waals surface area contributed by atoms with E-state index in [1.807, 2.05) is 6.92 Å². The van der Waals surface area contributed by atoms with E-state index in [0.29, 0.717) is 17.1 Å². The average molecular weight is 311 g/mol. The largest absolute Gasteiger partial charge is 0.475 e. The van der Waals surface area contributed by atoms with E-state index in [1.54, 1.807) is 7.05 Å². The molecule has 0 amide bonds. The molecule has 1 N–H and O–H groups in total. The maximum Gasteiger partial charge on any atom is 0.371 e. The minimum Gasteiger partial charge on any atom is -0.475 e. The molecule has 0 aromatic carbocycles. The first kappa shape index (κ1) is 15.1. The van der Waals surface area contributed by atoms with Gasteiger partial charge in [-0.15, -0.1) is 0 Å². The second-order valence-corrected chi connectivity index (χ2v) is 5.25. The van der Waals surface area contributed by atoms with Crippen LogP contribution >= 0.6 is 11.8 Å². The normalized spacial score (nSPS) is 10.8. The van der Waals surface area contributed by atoms with E-state index in [4.69, 9.17) is 9.52 Å². The zero-order chi connectivity index (χ0) is 15.6. The van der Waals surface area contributed by atoms with Crippen LogP contribution in [0.1, 0.15) is 29.6 Å². The zero-order valence-corrected chi connectivity index (χ0v) is 12.2. The van der Waals surface area contributed by atoms with Crippen LogP contribution in [-0.4, -0.2) is 25.8 Å². The molecular formula is C12H13N3O5S. The van der Waals surface area contributed by atoms with Crippen molar-refractivity contribution in [2.45, 2.75) is 29.9 Å². The summed E-state index contributed by atoms with van der Waals surface area (Å²) >= 11 is 0.983. The Morgan fingerprint density at radius 1 is 1.57 bits per heavy atom. The van der Waals surface area contributed by atoms with Gasteiger partial charge in [0.15, 0.2) is 10.1 Å². The lowest BCUT2D eigenvalue weighted by Crippen LogP contribution is -1.94. The van der Waals surface area contributed by atoms with Gasteiger partial charge in [-0.1, -0.05) is 13.3 Å². The van der Waals surface area contributed by atoms with E-state index in [9.17, 15) is 14.9 Å². The topological polar surface area (TPSA) is 111 Å². The summed E-state index contributed by atoms with van der Waals surface area (Å²) in [6.45, 7) is 1.91. The van der Waals surface area contributed by atoms with Crippen molar-refractivity contribution in [3.8, 4) is 0 Å². The lowest BCUT2D eigenvalue weighted by Gasteiger charge is -1.98. The number of hydrogen-bond acceptors (Lipinski definition) is 6. The predicted octanol–water partition coefficient (Wildman–Crippen LogP) is 2.72. The Morgan fingerprint density at radius 3 is 2.81 bits per heavy atom. The summed E-state index contributed by atoms with van der Waals surface area (Å²) in [5.74, 6) is -1.40. The summed E-state index contributed by atoms with van der Waals surface area (Å²) in [5, 5.41) is 24.8. The molecule has 112 valence electrons. The molecule has 2 rings (SSSR count). The summed E-state index contributed by atoms with van der Waals surface area (Å²) in [6, 6.07) is 2.77. The van der Waals surface area contributed by atoms with Crippen LogP contribution in [0.25, 0.3) is 0 Å². The van der Waals surface area contributed by atoms with Crippen molar-refractivity contribution in [3.05, 3.63) is 33.7 Å². The third-order valence-electron chi connectivity index (χ3n) is 2.70. The molecular weight excluding hydrogens is 298 g/mol. The van der Waals surface area contributed by atoms with E-state index in [2.05, 4.69) is 5.10 Å². The highest BCUT2D eigenvalue weighted by Crippen LogP contribution is 2.37. The number of rotatable bonds is 6. The molecule has 0 aliphatic carbocycles. The monoisotopic (exact) mass is 311 g/mol. The Hall–Kier alpha value is -2.29. The number of nitrogens with zero attached hydrogens (tertiary/aromatic N) is 3. The molecule has 0 saturated carbocycles. The minimum atomic E-state index is -1.19. The SMILES string of the molecule is CCCc1nn(C)c(Sc2ccc(C(=O)O)o2)c1[N+](=O)[O-]. The highest BCUT2D eigenvalue weighted by molar-refractivity contribution is 7.99. The molecule has 2 aromatic heterocycles. The number of nitro groups is 1. The van der Waals surface area contributed by atoms with Crippen molar-refractivity contribution >= 4 is 23.4 Å². The van der Waals surface area contributed by atoms with Gasteiger partial charge in [0.05, 0.1) is 4.92 Å². The first-order valence-corrected chi connectivity index (χ1v) is 6.97. The molecule has 9 heteroatoms. The molecule has 0 aliphatic heterocycles. The van der Waals surface area contributed by atoms with E-state index in [-0.39, 0.29) is 16.5 Å². The summed E-state index contributed by atoms with van der Waals surface area (Å²) in [6.07, 6.45) is 1.25. The minimum absolute atomic E-state index is 0.0578. The fourth-order valence-corrected chi connectivity index (χ4v) is 2.76. The average Bonchev–Trinajstić information content (AvgIpc) is 2.96. The third kappa shape index (κ3) is 3.07. The third-order valence-corrected chi connectivity index (χ3v) is 3.77. The molecule has 0 atom stereocenters. The van der Waals surface area contributed by atoms with Gasteiger partial charge in [0.25, 0.3) is 0 Å². The molecule has 0 fully saturated rings. The van der Waals surface area contributed by atoms with Crippen LogP contribution in [0.15, 0.2) is 26.7 Å². The van der Waals surface area contributed by atoms with Crippen molar-refractivity contribution < 1.29 is 19.2 Å². The van der Waals surface area contributed by atoms with Crippen molar-refractivity contribution in [1.29, 1.82) is 0 Å². The second-order valence-electron chi connectivity index (χ2n) is 4.26. The van der Waals surface area contributed by atoms with E-state index in [0.717, 1.165) is 18.2 Å². The van der Waals surface area contributed by atoms with Crippen molar-refractivity contribution in [1.82, 2.24) is 9.78 Å². The van der Waals surface area contributed by atoms with Crippen LogP contribution in [-0.2, 0) is 13.5 Å². The predicted molar refractivity (Wildman–Crippen MR) is 73.6 cm³/mol. The maximum atomic E-state index is 11.2. The number of hydrogen-bond donors (Lipinski definition) is 1. The van der Waals surface area contributed by atoms with E-state index >= 15 is 0 Å². The lowest BCUT2D eigenvalue weighted by molar-refractivity contribution is -0.388. The van der Waals surface area contributed by atoms with Crippen molar-refractivity contribution in [3.63, 3.8) is 0 Å². The van der Waals surface area contributed by atoms with Gasteiger partial charge < -0.3 is 9.52 Å². The number of carboxylic acids is 1. The molecule has 0 spiro atoms. The van der Waals surface area contributed by atoms with Gasteiger partial charge in [0, 0.05) is 7.05 Å². The number of carbonyl (C=O) groups is 1. The molecule has 0 bridgehead atoms. The van der Waals surface area contributed by atoms with Gasteiger partial charge >= 0.3 is 11.7 Å². The van der Waals surface area contributed by atoms with Gasteiger partial charge in [-0.25, -0.2) is 4.79 Å². The Bertz CT molecular complexity index is 691. The maximum absolute atomic E-state index is 11.2. The standard InChI is InChI=1S/C12H13N3O5S/c1-3-4-7-10(15(18)19)11(14(2)13-7)21-9-6-5-8(20-9)12(16)17/h5-6H,3-4H2,1-2H3,(H,16,17). The van der Waals surface area contributed by atoms with Crippen LogP contribution in [0.4, 0.5) is 5.69 Å². The quantitative estimate of drug-likeness (QED) is 0.644. The number of aromatic carboxylic acids is 1. The number of furan rings is 1. The first-order valence-electron chi connectivity index (χ1n) is 6.15. The smallest absolute Gasteiger partial charge is 0.371 e. The molecule has 0 aliphatic rings. The van der Waals surface area contributed by atoms with Gasteiger partial charge in [-0.2, -0.15) is 5.10 Å². The Morgan fingerprint density at radius 2 is 2.29 bits per heavy atom. The zero-order valence-electron chi connectivity index (χ0n) is 11.4. The highest BCUT2D eigenvalue weighted by atomic mass is 32.2. The summed E-state index contributed by atoms with van der Waals surface area (Å²) < 4.78 is 6.52. The van der Waals surface area contributed by atoms with Crippen LogP contribution < -0.4 is 0 Å². The number of aryl methyl sites for hydroxylation is 2. The number of aromatic nitrogens is 2. The van der Waals surface area contributed by atoms with Crippen molar-refractivity contribution in [2.75, 3.05) is 0 Å².